The predicted molar refractivity (Wildman–Crippen MR) is 440 cm³/mol. The van der Waals surface area contributed by atoms with Crippen molar-refractivity contribution in [2.24, 2.45) is 21.7 Å². The van der Waals surface area contributed by atoms with Gasteiger partial charge in [0.25, 0.3) is 0 Å². The molecule has 9 aromatic rings. The van der Waals surface area contributed by atoms with E-state index in [1.54, 1.807) is 155 Å². The quantitative estimate of drug-likeness (QED) is 0.0102. The van der Waals surface area contributed by atoms with Crippen LogP contribution in [-0.4, -0.2) is 82.7 Å². The van der Waals surface area contributed by atoms with Crippen LogP contribution in [0.3, 0.4) is 0 Å². The molecule has 0 aliphatic rings. The number of amides is 3. The Bertz CT molecular complexity index is 5050. The first kappa shape index (κ1) is 94.0. The van der Waals surface area contributed by atoms with Gasteiger partial charge in [0.1, 0.15) is 0 Å². The Morgan fingerprint density at radius 3 is 1.10 bits per heavy atom. The van der Waals surface area contributed by atoms with E-state index in [4.69, 9.17) is 74.2 Å². The molecule has 23 nitrogen and oxygen atoms in total. The molecule has 3 heterocycles. The van der Waals surface area contributed by atoms with Crippen LogP contribution in [0.15, 0.2) is 168 Å². The van der Waals surface area contributed by atoms with E-state index in [2.05, 4.69) is 20.7 Å². The normalized spacial score (nSPS) is 13.5. The Labute approximate surface area is 684 Å². The minimum atomic E-state index is -4.86. The summed E-state index contributed by atoms with van der Waals surface area (Å²) < 4.78 is 104. The maximum Gasteiger partial charge on any atom is 0.353 e. The van der Waals surface area contributed by atoms with Crippen LogP contribution >= 0.6 is 103 Å². The van der Waals surface area contributed by atoms with Crippen LogP contribution in [0.2, 0.25) is 15.1 Å². The van der Waals surface area contributed by atoms with Gasteiger partial charge in [-0.15, -0.1) is 34.0 Å². The third kappa shape index (κ3) is 28.6. The van der Waals surface area contributed by atoms with Gasteiger partial charge in [0.05, 0.1) is 21.7 Å². The summed E-state index contributed by atoms with van der Waals surface area (Å²) in [5.74, 6) is -6.58. The van der Waals surface area contributed by atoms with Crippen molar-refractivity contribution in [2.45, 2.75) is 100 Å². The first-order valence-corrected chi connectivity index (χ1v) is 43.1. The first-order chi connectivity index (χ1) is 52.7. The molecule has 4 unspecified atom stereocenters. The topological polar surface area (TPSA) is 332 Å². The van der Waals surface area contributed by atoms with Crippen molar-refractivity contribution in [3.63, 3.8) is 0 Å². The molecule has 3 aromatic heterocycles. The highest BCUT2D eigenvalue weighted by atomic mass is 35.5. The molecule has 0 fully saturated rings. The molecule has 113 heavy (non-hydrogen) atoms. The van der Waals surface area contributed by atoms with Crippen LogP contribution in [0.5, 0.6) is 0 Å². The molecular formula is C78H84Cl4F2N3O20P3S3. The highest BCUT2D eigenvalue weighted by Crippen LogP contribution is 2.63. The first-order valence-electron chi connectivity index (χ1n) is 33.9. The van der Waals surface area contributed by atoms with Crippen LogP contribution in [0, 0.1) is 33.3 Å². The number of alkyl halides is 1. The molecule has 6 aromatic carbocycles. The zero-order valence-electron chi connectivity index (χ0n) is 63.1. The van der Waals surface area contributed by atoms with Gasteiger partial charge in [0, 0.05) is 47.8 Å². The van der Waals surface area contributed by atoms with Crippen molar-refractivity contribution in [1.29, 1.82) is 0 Å². The van der Waals surface area contributed by atoms with Crippen molar-refractivity contribution in [1.82, 2.24) is 16.0 Å². The average Bonchev–Trinajstić information content (AvgIpc) is 1.69. The van der Waals surface area contributed by atoms with E-state index in [1.807, 2.05) is 60.7 Å². The Hall–Kier alpha value is -7.82. The highest BCUT2D eigenvalue weighted by Gasteiger charge is 2.46. The Kier molecular flexibility index (Phi) is 34.7. The summed E-state index contributed by atoms with van der Waals surface area (Å²) in [4.78, 5) is 117. The SMILES string of the molecule is CC(C)(C)C(=O)OCCl.CC(C)(C)C(=O)OCOP(=O)(O)C(C(=O)N/C=C/c1ccccc1)c1csc2ccc(Cl)cc12.CC(C)(C)C(=O)OCOP(=O)(OCOC(=O)C(C)(C)C)C(C(=O)N/C=C/c1ccccc1)c1csc2ccc(Cl)cc12.O=C(N/C=C/c1ccc(F)c(F)c1)C(c1csc2ccc(Cl)cc12)P(=O)(O)O. The number of esters is 4. The van der Waals surface area contributed by atoms with Crippen LogP contribution in [0.1, 0.15) is 133 Å². The Morgan fingerprint density at radius 2 is 0.752 bits per heavy atom. The predicted octanol–water partition coefficient (Wildman–Crippen LogP) is 20.4. The van der Waals surface area contributed by atoms with Gasteiger partial charge in [-0.1, -0.05) is 113 Å². The molecule has 606 valence electrons. The summed E-state index contributed by atoms with van der Waals surface area (Å²) in [6.07, 6.45) is 8.52. The lowest BCUT2D eigenvalue weighted by Gasteiger charge is -2.27. The molecule has 0 bridgehead atoms. The molecule has 0 radical (unpaired) electrons. The van der Waals surface area contributed by atoms with Gasteiger partial charge in [0.2, 0.25) is 38.1 Å². The maximum atomic E-state index is 14.5. The maximum absolute atomic E-state index is 14.5. The van der Waals surface area contributed by atoms with Crippen molar-refractivity contribution in [3.8, 4) is 0 Å². The average molecular weight is 1750 g/mol. The van der Waals surface area contributed by atoms with Gasteiger partial charge in [-0.2, -0.15) is 0 Å². The lowest BCUT2D eigenvalue weighted by molar-refractivity contribution is -0.162. The lowest BCUT2D eigenvalue weighted by atomic mass is 9.98. The number of fused-ring (bicyclic) bond motifs is 3. The van der Waals surface area contributed by atoms with Gasteiger partial charge < -0.3 is 49.6 Å². The third-order valence-corrected chi connectivity index (χ3v) is 23.9. The summed E-state index contributed by atoms with van der Waals surface area (Å²) in [7, 11) is -14.1. The molecule has 0 saturated carbocycles. The van der Waals surface area contributed by atoms with E-state index in [9.17, 15) is 70.7 Å². The molecule has 0 saturated heterocycles. The summed E-state index contributed by atoms with van der Waals surface area (Å²) in [5.41, 5.74) is -5.16. The second-order valence-electron chi connectivity index (χ2n) is 28.5. The summed E-state index contributed by atoms with van der Waals surface area (Å²) >= 11 is 27.4. The molecule has 0 spiro atoms. The smallest absolute Gasteiger partial charge is 0.353 e. The molecule has 4 atom stereocenters. The molecular weight excluding hydrogens is 1670 g/mol. The standard InChI is InChI=1S/C30H35ClNO8PS.C24H25ClNO6PS.C18H13ClF2NO4PS.C6H11ClO2/c1-29(2,3)27(34)37-18-39-41(36,40-19-38-28(35)30(4,5)6)25(23-17-42-24-13-12-21(31)16-22(23)24)26(33)32-15-14-20-10-8-7-9-11-20;1-24(2,3)23(28)31-15-32-33(29,30)21(19-14-34-20-10-9-17(25)13-18(19)20)22(27)26-12-11-16-7-5-4-6-8-16;19-11-2-4-16-12(8-11)13(9-28-16)17(27(24,25)26)18(23)22-6-5-10-1-3-14(20)15(21)7-10;1-6(2,3)5(8)9-4-7/h7-17,25H,18-19H2,1-6H3,(H,32,33);4-14,21H,15H2,1-3H3,(H,26,27)(H,29,30);1-9,17H,(H,22,23)(H2,24,25,26);4H2,1-3H3/b15-14+;12-11+;6-5+;. The van der Waals surface area contributed by atoms with E-state index < -0.39 is 129 Å². The van der Waals surface area contributed by atoms with E-state index >= 15 is 0 Å². The van der Waals surface area contributed by atoms with Crippen molar-refractivity contribution < 1.29 is 103 Å². The van der Waals surface area contributed by atoms with Crippen LogP contribution in [-0.2, 0) is 79.8 Å². The van der Waals surface area contributed by atoms with Gasteiger partial charge in [0.15, 0.2) is 34.7 Å². The number of nitrogens with one attached hydrogen (secondary N) is 3. The second kappa shape index (κ2) is 41.7. The molecule has 3 amide bonds. The number of benzene rings is 6. The van der Waals surface area contributed by atoms with E-state index in [0.717, 1.165) is 43.6 Å². The number of hydrogen-bond donors (Lipinski definition) is 6. The van der Waals surface area contributed by atoms with Crippen molar-refractivity contribution in [2.75, 3.05) is 26.4 Å². The van der Waals surface area contributed by atoms with E-state index in [1.165, 1.54) is 70.0 Å². The Balaban J connectivity index is 0.000000254. The number of ether oxygens (including phenoxy) is 4. The molecule has 6 N–H and O–H groups in total. The Morgan fingerprint density at radius 1 is 0.425 bits per heavy atom. The fourth-order valence-electron chi connectivity index (χ4n) is 9.37. The number of carbonyl (C=O) groups is 7. The molecule has 35 heteroatoms. The van der Waals surface area contributed by atoms with Crippen LogP contribution in [0.25, 0.3) is 48.5 Å². The third-order valence-electron chi connectivity index (χ3n) is 15.3. The van der Waals surface area contributed by atoms with Crippen molar-refractivity contribution >= 4 is 193 Å². The lowest BCUT2D eigenvalue weighted by Crippen LogP contribution is -2.29. The fourth-order valence-corrected chi connectivity index (χ4v) is 17.1. The summed E-state index contributed by atoms with van der Waals surface area (Å²) in [6.45, 7) is 17.8. The molecule has 9 rings (SSSR count). The van der Waals surface area contributed by atoms with Gasteiger partial charge in [-0.05, 0) is 234 Å². The molecule has 0 aliphatic carbocycles. The van der Waals surface area contributed by atoms with Crippen LogP contribution < -0.4 is 16.0 Å². The number of rotatable bonds is 25. The number of halogens is 6. The van der Waals surface area contributed by atoms with Gasteiger partial charge in [-0.3, -0.25) is 60.8 Å². The number of thiophene rings is 3. The zero-order valence-corrected chi connectivity index (χ0v) is 71.2. The summed E-state index contributed by atoms with van der Waals surface area (Å²) in [5, 5.41) is 15.1. The van der Waals surface area contributed by atoms with E-state index in [0.29, 0.717) is 42.4 Å². The summed E-state index contributed by atoms with van der Waals surface area (Å²) in [6, 6.07) is 36.7. The van der Waals surface area contributed by atoms with Crippen molar-refractivity contribution in [3.05, 3.63) is 228 Å². The van der Waals surface area contributed by atoms with E-state index in [-0.39, 0.29) is 23.2 Å². The van der Waals surface area contributed by atoms with Crippen LogP contribution in [0.4, 0.5) is 8.78 Å². The number of hydrogen-bond acceptors (Lipinski definition) is 20. The minimum Gasteiger partial charge on any atom is -0.449 e. The van der Waals surface area contributed by atoms with Gasteiger partial charge >= 0.3 is 46.7 Å². The minimum absolute atomic E-state index is 0.0594. The highest BCUT2D eigenvalue weighted by molar-refractivity contribution is 7.55. The second-order valence-corrected chi connectivity index (χ2v) is 38.5. The number of carbonyl (C=O) groups excluding carboxylic acids is 7. The molecule has 0 aliphatic heterocycles. The monoisotopic (exact) mass is 1750 g/mol. The fraction of sp³-hybridized carbons (Fsp3) is 0.295. The van der Waals surface area contributed by atoms with Gasteiger partial charge in [-0.25, -0.2) is 8.78 Å². The zero-order chi connectivity index (χ0) is 84.0. The largest absolute Gasteiger partial charge is 0.449 e.